The Labute approximate surface area is 270 Å². The van der Waals surface area contributed by atoms with Gasteiger partial charge in [0.05, 0.1) is 27.9 Å². The molecule has 10 nitrogen and oxygen atoms in total. The molecule has 0 spiro atoms. The molecule has 236 valence electrons. The van der Waals surface area contributed by atoms with E-state index in [4.69, 9.17) is 4.98 Å². The van der Waals surface area contributed by atoms with Gasteiger partial charge in [0.25, 0.3) is 5.56 Å². The largest absolute Gasteiger partial charge is 0.379 e. The van der Waals surface area contributed by atoms with E-state index in [2.05, 4.69) is 31.6 Å². The van der Waals surface area contributed by atoms with Gasteiger partial charge in [-0.2, -0.15) is 0 Å². The van der Waals surface area contributed by atoms with Gasteiger partial charge in [0.1, 0.15) is 11.4 Å². The van der Waals surface area contributed by atoms with Gasteiger partial charge in [-0.15, -0.1) is 0 Å². The number of aromatic nitrogens is 4. The Hall–Kier alpha value is -5.48. The molecule has 10 heteroatoms. The molecule has 3 aromatic heterocycles. The molecule has 0 saturated carbocycles. The molecule has 3 fully saturated rings. The molecule has 3 aliphatic heterocycles. The van der Waals surface area contributed by atoms with Gasteiger partial charge in [0.2, 0.25) is 5.91 Å². The van der Waals surface area contributed by atoms with Gasteiger partial charge >= 0.3 is 0 Å². The van der Waals surface area contributed by atoms with Crippen LogP contribution in [0, 0.1) is 5.92 Å². The average molecular weight is 626 g/mol. The highest BCUT2D eigenvalue weighted by atomic mass is 16.1. The maximum atomic E-state index is 14.1. The van der Waals surface area contributed by atoms with Crippen molar-refractivity contribution in [2.45, 2.75) is 32.7 Å². The van der Waals surface area contributed by atoms with E-state index in [1.807, 2.05) is 65.4 Å². The van der Waals surface area contributed by atoms with Crippen LogP contribution in [0.4, 0.5) is 11.4 Å². The number of aromatic amines is 2. The number of hydrogen-bond donors (Lipinski definition) is 4. The second-order valence-corrected chi connectivity index (χ2v) is 12.7. The first-order valence-corrected chi connectivity index (χ1v) is 16.1. The number of anilines is 2. The van der Waals surface area contributed by atoms with Crippen molar-refractivity contribution in [2.75, 3.05) is 30.3 Å². The lowest BCUT2D eigenvalue weighted by molar-refractivity contribution is -0.114. The summed E-state index contributed by atoms with van der Waals surface area (Å²) in [5.74, 6) is 0.824. The van der Waals surface area contributed by atoms with Crippen LogP contribution in [0.1, 0.15) is 37.0 Å². The van der Waals surface area contributed by atoms with Crippen LogP contribution >= 0.6 is 0 Å². The molecule has 3 aromatic carbocycles. The van der Waals surface area contributed by atoms with E-state index in [1.165, 1.54) is 6.92 Å². The molecule has 0 aliphatic carbocycles. The summed E-state index contributed by atoms with van der Waals surface area (Å²) in [6.45, 7) is 6.15. The van der Waals surface area contributed by atoms with Crippen molar-refractivity contribution in [3.8, 4) is 28.2 Å². The van der Waals surface area contributed by atoms with Gasteiger partial charge in [-0.25, -0.2) is 4.98 Å². The number of pyridine rings is 1. The molecular formula is C37H35N7O3. The van der Waals surface area contributed by atoms with Gasteiger partial charge in [0, 0.05) is 54.1 Å². The summed E-state index contributed by atoms with van der Waals surface area (Å²) in [5, 5.41) is 7.61. The smallest absolute Gasteiger partial charge is 0.261 e. The quantitative estimate of drug-likeness (QED) is 0.157. The lowest BCUT2D eigenvalue weighted by Crippen LogP contribution is -2.53. The zero-order valence-corrected chi connectivity index (χ0v) is 26.3. The number of carbonyl (C=O) groups excluding carboxylic acids is 2. The monoisotopic (exact) mass is 625 g/mol. The standard InChI is InChI=1S/C37H35N7O3/c1-21(45)25-12-15-44(19-25)33-18-31-28(17-27(33)24-6-5-7-26(16-24)38-22(2)46)35(39-32-20-43-13-10-23(32)11-14-43)34(37(47)42-31)36-40-29-8-3-4-9-30(29)41-36/h3-9,12,15-19,23,32H,10-11,13-14,20H2,1-2H3,(H,38,46)(H,40,41)(H2,39,42,47)/t32-/m0/s1. The molecule has 1 atom stereocenters. The molecule has 0 unspecified atom stereocenters. The topological polar surface area (TPSA) is 128 Å². The number of Topliss-reactive ketones (excluding diaryl/α,β-unsaturated/α-hetero) is 1. The SMILES string of the molecule is CC(=O)Nc1cccc(-c2cc3c(N[C@H]4CN5CCC4CC5)c(-c4nc5ccccc5[nH]4)c(=O)[nH]c3cc2-n2ccc(C(C)=O)c2)c1. The number of nitrogens with one attached hydrogen (secondary N) is 4. The van der Waals surface area contributed by atoms with Gasteiger partial charge in [-0.3, -0.25) is 14.4 Å². The summed E-state index contributed by atoms with van der Waals surface area (Å²) in [7, 11) is 0. The number of benzene rings is 3. The minimum absolute atomic E-state index is 0.0355. The molecule has 6 heterocycles. The normalized spacial score (nSPS) is 18.9. The number of carbonyl (C=O) groups is 2. The number of imidazole rings is 1. The first-order valence-electron chi connectivity index (χ1n) is 16.1. The predicted octanol–water partition coefficient (Wildman–Crippen LogP) is 6.20. The van der Waals surface area contributed by atoms with E-state index in [0.717, 1.165) is 71.4 Å². The maximum Gasteiger partial charge on any atom is 0.261 e. The van der Waals surface area contributed by atoms with Crippen LogP contribution < -0.4 is 16.2 Å². The molecule has 0 radical (unpaired) electrons. The van der Waals surface area contributed by atoms with Crippen LogP contribution in [0.3, 0.4) is 0 Å². The molecule has 6 aromatic rings. The fraction of sp³-hybridized carbons (Fsp3) is 0.243. The van der Waals surface area contributed by atoms with Crippen molar-refractivity contribution in [2.24, 2.45) is 5.92 Å². The van der Waals surface area contributed by atoms with Gasteiger partial charge in [-0.1, -0.05) is 24.3 Å². The lowest BCUT2D eigenvalue weighted by atomic mass is 9.83. The number of hydrogen-bond acceptors (Lipinski definition) is 6. The third kappa shape index (κ3) is 5.30. The van der Waals surface area contributed by atoms with E-state index < -0.39 is 0 Å². The number of rotatable bonds is 7. The number of piperidine rings is 3. The number of fused-ring (bicyclic) bond motifs is 5. The Morgan fingerprint density at radius 3 is 2.49 bits per heavy atom. The van der Waals surface area contributed by atoms with Crippen molar-refractivity contribution in [1.29, 1.82) is 0 Å². The molecule has 2 bridgehead atoms. The van der Waals surface area contributed by atoms with Crippen LogP contribution in [0.5, 0.6) is 0 Å². The Balaban J connectivity index is 1.39. The first-order chi connectivity index (χ1) is 22.8. The van der Waals surface area contributed by atoms with Crippen LogP contribution in [0.15, 0.2) is 83.9 Å². The summed E-state index contributed by atoms with van der Waals surface area (Å²) in [4.78, 5) is 52.2. The van der Waals surface area contributed by atoms with Gasteiger partial charge in [0.15, 0.2) is 5.78 Å². The average Bonchev–Trinajstić information content (AvgIpc) is 3.73. The van der Waals surface area contributed by atoms with Crippen molar-refractivity contribution in [3.05, 3.63) is 95.0 Å². The highest BCUT2D eigenvalue weighted by molar-refractivity contribution is 6.03. The van der Waals surface area contributed by atoms with Crippen molar-refractivity contribution < 1.29 is 9.59 Å². The molecule has 47 heavy (non-hydrogen) atoms. The Morgan fingerprint density at radius 2 is 1.77 bits per heavy atom. The first kappa shape index (κ1) is 29.0. The molecule has 1 amide bonds. The Bertz CT molecular complexity index is 2220. The molecule has 3 saturated heterocycles. The van der Waals surface area contributed by atoms with E-state index >= 15 is 0 Å². The molecule has 9 rings (SSSR count). The number of nitrogens with zero attached hydrogens (tertiary/aromatic N) is 3. The van der Waals surface area contributed by atoms with Crippen molar-refractivity contribution in [1.82, 2.24) is 24.4 Å². The van der Waals surface area contributed by atoms with Gasteiger partial charge < -0.3 is 30.1 Å². The third-order valence-corrected chi connectivity index (χ3v) is 9.61. The summed E-state index contributed by atoms with van der Waals surface area (Å²) in [6.07, 6.45) is 5.90. The fourth-order valence-corrected chi connectivity index (χ4v) is 7.26. The fourth-order valence-electron chi connectivity index (χ4n) is 7.26. The minimum atomic E-state index is -0.247. The third-order valence-electron chi connectivity index (χ3n) is 9.61. The zero-order chi connectivity index (χ0) is 32.2. The van der Waals surface area contributed by atoms with Crippen LogP contribution in [0.25, 0.3) is 50.1 Å². The summed E-state index contributed by atoms with van der Waals surface area (Å²) in [5.41, 5.74) is 7.05. The second kappa shape index (κ2) is 11.4. The number of para-hydroxylation sites is 2. The highest BCUT2D eigenvalue weighted by Gasteiger charge is 2.35. The van der Waals surface area contributed by atoms with E-state index in [-0.39, 0.29) is 23.3 Å². The Kier molecular flexibility index (Phi) is 7.02. The summed E-state index contributed by atoms with van der Waals surface area (Å²) >= 11 is 0. The highest BCUT2D eigenvalue weighted by Crippen LogP contribution is 2.40. The molecule has 3 aliphatic rings. The van der Waals surface area contributed by atoms with Crippen molar-refractivity contribution in [3.63, 3.8) is 0 Å². The van der Waals surface area contributed by atoms with Gasteiger partial charge in [-0.05, 0) is 86.8 Å². The van der Waals surface area contributed by atoms with E-state index in [0.29, 0.717) is 34.1 Å². The number of H-pyrrole nitrogens is 2. The minimum Gasteiger partial charge on any atom is -0.379 e. The second-order valence-electron chi connectivity index (χ2n) is 12.7. The van der Waals surface area contributed by atoms with Crippen LogP contribution in [0.2, 0.25) is 0 Å². The molecular weight excluding hydrogens is 590 g/mol. The number of ketones is 1. The Morgan fingerprint density at radius 1 is 0.936 bits per heavy atom. The summed E-state index contributed by atoms with van der Waals surface area (Å²) in [6, 6.07) is 21.5. The maximum absolute atomic E-state index is 14.1. The van der Waals surface area contributed by atoms with Crippen molar-refractivity contribution >= 4 is 45.0 Å². The predicted molar refractivity (Wildman–Crippen MR) is 185 cm³/mol. The van der Waals surface area contributed by atoms with Crippen LogP contribution in [-0.2, 0) is 4.79 Å². The lowest BCUT2D eigenvalue weighted by Gasteiger charge is -2.45. The number of amides is 1. The van der Waals surface area contributed by atoms with E-state index in [1.54, 1.807) is 19.2 Å². The van der Waals surface area contributed by atoms with Crippen LogP contribution in [-0.4, -0.2) is 61.8 Å². The zero-order valence-electron chi connectivity index (χ0n) is 26.3. The summed E-state index contributed by atoms with van der Waals surface area (Å²) < 4.78 is 1.91. The molecule has 4 N–H and O–H groups in total. The van der Waals surface area contributed by atoms with E-state index in [9.17, 15) is 14.4 Å².